The quantitative estimate of drug-likeness (QED) is 0.617. The van der Waals surface area contributed by atoms with Crippen LogP contribution in [0.5, 0.6) is 0 Å². The van der Waals surface area contributed by atoms with Gasteiger partial charge in [0.25, 0.3) is 0 Å². The van der Waals surface area contributed by atoms with Gasteiger partial charge in [-0.25, -0.2) is 0 Å². The molecule has 0 saturated carbocycles. The van der Waals surface area contributed by atoms with Crippen LogP contribution in [-0.2, 0) is 10.9 Å². The molecule has 0 unspecified atom stereocenters. The number of benzene rings is 2. The van der Waals surface area contributed by atoms with Crippen LogP contribution in [0.25, 0.3) is 5.69 Å². The van der Waals surface area contributed by atoms with Gasteiger partial charge in [-0.2, -0.15) is 13.2 Å². The highest BCUT2D eigenvalue weighted by Crippen LogP contribution is 2.33. The number of hydrogen-bond acceptors (Lipinski definition) is 2. The maximum atomic E-state index is 12.7. The van der Waals surface area contributed by atoms with Crippen LogP contribution in [0.3, 0.4) is 0 Å². The molecule has 140 valence electrons. The van der Waals surface area contributed by atoms with Crippen LogP contribution >= 0.6 is 0 Å². The van der Waals surface area contributed by atoms with Gasteiger partial charge >= 0.3 is 6.18 Å². The van der Waals surface area contributed by atoms with Crippen molar-refractivity contribution >= 4 is 5.69 Å². The average Bonchev–Trinajstić information content (AvgIpc) is 3.30. The molecule has 1 fully saturated rings. The molecular formula is C21H19F3N2O. The summed E-state index contributed by atoms with van der Waals surface area (Å²) in [5.74, 6) is 0. The molecule has 1 saturated heterocycles. The Balaban J connectivity index is 1.58. The van der Waals surface area contributed by atoms with Crippen LogP contribution in [0.1, 0.15) is 22.9 Å². The Labute approximate surface area is 155 Å². The van der Waals surface area contributed by atoms with E-state index in [1.165, 1.54) is 17.7 Å². The smallest absolute Gasteiger partial charge is 0.352 e. The first-order valence-electron chi connectivity index (χ1n) is 8.72. The fourth-order valence-corrected chi connectivity index (χ4v) is 3.36. The molecule has 0 spiro atoms. The first kappa shape index (κ1) is 17.7. The van der Waals surface area contributed by atoms with Gasteiger partial charge in [0.05, 0.1) is 12.2 Å². The molecule has 1 atom stereocenters. The van der Waals surface area contributed by atoms with E-state index < -0.39 is 11.7 Å². The maximum absolute atomic E-state index is 12.7. The highest BCUT2D eigenvalue weighted by atomic mass is 19.4. The van der Waals surface area contributed by atoms with Gasteiger partial charge in [-0.15, -0.1) is 0 Å². The van der Waals surface area contributed by atoms with Crippen LogP contribution in [0.4, 0.5) is 18.9 Å². The van der Waals surface area contributed by atoms with Crippen molar-refractivity contribution in [3.63, 3.8) is 0 Å². The molecule has 0 bridgehead atoms. The first-order chi connectivity index (χ1) is 12.9. The normalized spacial score (nSPS) is 17.5. The minimum absolute atomic E-state index is 0.206. The van der Waals surface area contributed by atoms with Crippen LogP contribution < -0.4 is 4.90 Å². The van der Waals surface area contributed by atoms with Crippen molar-refractivity contribution in [1.29, 1.82) is 0 Å². The van der Waals surface area contributed by atoms with E-state index in [1.54, 1.807) is 0 Å². The van der Waals surface area contributed by atoms with Crippen molar-refractivity contribution in [3.8, 4) is 5.69 Å². The van der Waals surface area contributed by atoms with Crippen molar-refractivity contribution in [1.82, 2.24) is 4.57 Å². The average molecular weight is 372 g/mol. The van der Waals surface area contributed by atoms with Crippen LogP contribution in [0.2, 0.25) is 0 Å². The zero-order valence-corrected chi connectivity index (χ0v) is 14.8. The highest BCUT2D eigenvalue weighted by molar-refractivity contribution is 5.51. The Kier molecular flexibility index (Phi) is 4.44. The molecule has 3 nitrogen and oxygen atoms in total. The molecule has 6 heteroatoms. The number of anilines is 1. The Bertz CT molecular complexity index is 931. The summed E-state index contributed by atoms with van der Waals surface area (Å²) in [4.78, 5) is 2.19. The molecule has 2 aromatic carbocycles. The molecule has 0 amide bonds. The molecule has 0 radical (unpaired) electrons. The van der Waals surface area contributed by atoms with Crippen molar-refractivity contribution in [2.75, 3.05) is 18.1 Å². The number of aryl methyl sites for hydroxylation is 1. The van der Waals surface area contributed by atoms with Crippen LogP contribution in [0, 0.1) is 6.92 Å². The standard InChI is InChI=1S/C21H19F3N2O/c1-15-3-2-4-19(13-15)26-11-12-27-20(26)16-9-10-25(14-16)18-7-5-17(6-8-18)21(22,23)24/h2-10,13-14,20H,11-12H2,1H3/t20-/m1/s1. The molecular weight excluding hydrogens is 353 g/mol. The summed E-state index contributed by atoms with van der Waals surface area (Å²) < 4.78 is 45.9. The molecule has 3 aromatic rings. The lowest BCUT2D eigenvalue weighted by molar-refractivity contribution is -0.137. The summed E-state index contributed by atoms with van der Waals surface area (Å²) in [7, 11) is 0. The third kappa shape index (κ3) is 3.57. The lowest BCUT2D eigenvalue weighted by Crippen LogP contribution is -2.23. The number of ether oxygens (including phenoxy) is 1. The minimum Gasteiger partial charge on any atom is -0.352 e. The summed E-state index contributed by atoms with van der Waals surface area (Å²) in [5, 5.41) is 0. The summed E-state index contributed by atoms with van der Waals surface area (Å²) in [6.07, 6.45) is -0.788. The zero-order valence-electron chi connectivity index (χ0n) is 14.8. The molecule has 1 aromatic heterocycles. The van der Waals surface area contributed by atoms with E-state index >= 15 is 0 Å². The lowest BCUT2D eigenvalue weighted by atomic mass is 10.2. The van der Waals surface area contributed by atoms with Gasteiger partial charge < -0.3 is 14.2 Å². The van der Waals surface area contributed by atoms with Crippen LogP contribution in [0.15, 0.2) is 67.0 Å². The van der Waals surface area contributed by atoms with E-state index in [4.69, 9.17) is 4.74 Å². The maximum Gasteiger partial charge on any atom is 0.416 e. The number of aromatic nitrogens is 1. The number of rotatable bonds is 3. The summed E-state index contributed by atoms with van der Waals surface area (Å²) in [6.45, 7) is 3.47. The number of alkyl halides is 3. The summed E-state index contributed by atoms with van der Waals surface area (Å²) in [6, 6.07) is 15.3. The van der Waals surface area contributed by atoms with Crippen molar-refractivity contribution in [3.05, 3.63) is 83.7 Å². The van der Waals surface area contributed by atoms with E-state index in [0.29, 0.717) is 12.3 Å². The predicted molar refractivity (Wildman–Crippen MR) is 98.0 cm³/mol. The fraction of sp³-hybridized carbons (Fsp3) is 0.238. The van der Waals surface area contributed by atoms with Gasteiger partial charge in [-0.1, -0.05) is 12.1 Å². The highest BCUT2D eigenvalue weighted by Gasteiger charge is 2.30. The van der Waals surface area contributed by atoms with E-state index in [-0.39, 0.29) is 6.23 Å². The molecule has 1 aliphatic rings. The van der Waals surface area contributed by atoms with Gasteiger partial charge in [0.1, 0.15) is 0 Å². The molecule has 1 aliphatic heterocycles. The Hall–Kier alpha value is -2.73. The number of hydrogen-bond donors (Lipinski definition) is 0. The molecule has 0 aliphatic carbocycles. The Morgan fingerprint density at radius 1 is 1.00 bits per heavy atom. The third-order valence-corrected chi connectivity index (χ3v) is 4.72. The number of nitrogens with zero attached hydrogens (tertiary/aromatic N) is 2. The van der Waals surface area contributed by atoms with Crippen molar-refractivity contribution < 1.29 is 17.9 Å². The Morgan fingerprint density at radius 2 is 1.78 bits per heavy atom. The topological polar surface area (TPSA) is 17.4 Å². The molecule has 0 N–H and O–H groups in total. The SMILES string of the molecule is Cc1cccc(N2CCO[C@@H]2c2ccn(-c3ccc(C(F)(F)F)cc3)c2)c1. The third-order valence-electron chi connectivity index (χ3n) is 4.72. The molecule has 2 heterocycles. The summed E-state index contributed by atoms with van der Waals surface area (Å²) >= 11 is 0. The minimum atomic E-state index is -4.33. The van der Waals surface area contributed by atoms with E-state index in [2.05, 4.69) is 30.0 Å². The second kappa shape index (κ2) is 6.78. The largest absolute Gasteiger partial charge is 0.416 e. The molecule has 4 rings (SSSR count). The van der Waals surface area contributed by atoms with Gasteiger partial charge in [0, 0.05) is 35.9 Å². The van der Waals surface area contributed by atoms with E-state index in [9.17, 15) is 13.2 Å². The predicted octanol–water partition coefficient (Wildman–Crippen LogP) is 5.34. The first-order valence-corrected chi connectivity index (χ1v) is 8.72. The Morgan fingerprint density at radius 3 is 2.48 bits per heavy atom. The van der Waals surface area contributed by atoms with Crippen molar-refractivity contribution in [2.24, 2.45) is 0 Å². The summed E-state index contributed by atoms with van der Waals surface area (Å²) in [5.41, 5.74) is 3.27. The lowest BCUT2D eigenvalue weighted by Gasteiger charge is -2.25. The second-order valence-electron chi connectivity index (χ2n) is 6.65. The zero-order chi connectivity index (χ0) is 19.0. The number of halogens is 3. The monoisotopic (exact) mass is 372 g/mol. The van der Waals surface area contributed by atoms with E-state index in [0.717, 1.165) is 29.9 Å². The second-order valence-corrected chi connectivity index (χ2v) is 6.65. The van der Waals surface area contributed by atoms with E-state index in [1.807, 2.05) is 29.1 Å². The van der Waals surface area contributed by atoms with Crippen molar-refractivity contribution in [2.45, 2.75) is 19.3 Å². The van der Waals surface area contributed by atoms with Crippen LogP contribution in [-0.4, -0.2) is 17.7 Å². The van der Waals surface area contributed by atoms with Gasteiger partial charge in [0.15, 0.2) is 6.23 Å². The molecule has 27 heavy (non-hydrogen) atoms. The van der Waals surface area contributed by atoms with Gasteiger partial charge in [0.2, 0.25) is 0 Å². The van der Waals surface area contributed by atoms with Gasteiger partial charge in [-0.3, -0.25) is 0 Å². The van der Waals surface area contributed by atoms with Gasteiger partial charge in [-0.05, 0) is 55.0 Å². The fourth-order valence-electron chi connectivity index (χ4n) is 3.36.